The summed E-state index contributed by atoms with van der Waals surface area (Å²) in [5.41, 5.74) is -0.336. The van der Waals surface area contributed by atoms with Gasteiger partial charge in [0.15, 0.2) is 6.23 Å². The molecule has 5 heteroatoms. The van der Waals surface area contributed by atoms with Crippen LogP contribution >= 0.6 is 0 Å². The molecule has 1 atom stereocenters. The molecule has 0 radical (unpaired) electrons. The molecule has 0 unspecified atom stereocenters. The lowest BCUT2D eigenvalue weighted by atomic mass is 9.98. The quantitative estimate of drug-likeness (QED) is 0.844. The topological polar surface area (TPSA) is 64.1 Å². The minimum atomic E-state index is -0.522. The van der Waals surface area contributed by atoms with Gasteiger partial charge in [0.05, 0.1) is 6.10 Å². The number of nitrogens with one attached hydrogen (secondary N) is 1. The Hall–Kier alpha value is -1.62. The molecule has 0 aromatic carbocycles. The molecule has 0 bridgehead atoms. The highest BCUT2D eigenvalue weighted by molar-refractivity contribution is 5.02. The summed E-state index contributed by atoms with van der Waals surface area (Å²) in [4.78, 5) is 25.5. The second-order valence-electron chi connectivity index (χ2n) is 5.00. The molecule has 0 aliphatic heterocycles. The van der Waals surface area contributed by atoms with Gasteiger partial charge in [-0.25, -0.2) is 4.79 Å². The zero-order chi connectivity index (χ0) is 13.8. The average molecular weight is 264 g/mol. The Balaban J connectivity index is 2.21. The van der Waals surface area contributed by atoms with Gasteiger partial charge in [0, 0.05) is 11.8 Å². The van der Waals surface area contributed by atoms with E-state index >= 15 is 0 Å². The van der Waals surface area contributed by atoms with E-state index in [1.165, 1.54) is 17.2 Å². The molecular weight excluding hydrogens is 244 g/mol. The Morgan fingerprint density at radius 2 is 2.11 bits per heavy atom. The fourth-order valence-corrected chi connectivity index (χ4v) is 2.41. The summed E-state index contributed by atoms with van der Waals surface area (Å²) in [7, 11) is 0. The first kappa shape index (κ1) is 13.8. The number of aromatic amines is 1. The van der Waals surface area contributed by atoms with Gasteiger partial charge in [0.1, 0.15) is 0 Å². The highest BCUT2D eigenvalue weighted by atomic mass is 16.5. The molecule has 1 heterocycles. The third-order valence-electron chi connectivity index (χ3n) is 3.51. The second kappa shape index (κ2) is 6.02. The maximum atomic E-state index is 11.8. The number of nitrogens with zero attached hydrogens (tertiary/aromatic N) is 1. The normalized spacial score (nSPS) is 18.2. The van der Waals surface area contributed by atoms with Crippen LogP contribution in [0, 0.1) is 6.92 Å². The molecule has 2 rings (SSSR count). The van der Waals surface area contributed by atoms with Crippen LogP contribution in [0.15, 0.2) is 28.4 Å². The predicted molar refractivity (Wildman–Crippen MR) is 73.3 cm³/mol. The molecule has 1 fully saturated rings. The molecule has 5 nitrogen and oxygen atoms in total. The summed E-state index contributed by atoms with van der Waals surface area (Å²) in [5, 5.41) is 0. The van der Waals surface area contributed by atoms with Crippen molar-refractivity contribution in [1.29, 1.82) is 0 Å². The standard InChI is InChI=1S/C14H20N2O3/c1-3-12(19-11-7-5-4-6-8-11)16-9-10(2)13(17)15-14(16)18/h3,9,11-12H,1,4-8H2,2H3,(H,15,17,18)/t12-/m0/s1. The maximum absolute atomic E-state index is 11.8. The van der Waals surface area contributed by atoms with Crippen molar-refractivity contribution in [2.45, 2.75) is 51.4 Å². The fourth-order valence-electron chi connectivity index (χ4n) is 2.41. The molecule has 1 aliphatic rings. The van der Waals surface area contributed by atoms with Gasteiger partial charge in [0.2, 0.25) is 0 Å². The number of hydrogen-bond acceptors (Lipinski definition) is 3. The van der Waals surface area contributed by atoms with Crippen molar-refractivity contribution in [2.24, 2.45) is 0 Å². The van der Waals surface area contributed by atoms with E-state index in [9.17, 15) is 9.59 Å². The number of H-pyrrole nitrogens is 1. The first-order valence-corrected chi connectivity index (χ1v) is 6.72. The minimum absolute atomic E-state index is 0.163. The van der Waals surface area contributed by atoms with Crippen molar-refractivity contribution >= 4 is 0 Å². The van der Waals surface area contributed by atoms with E-state index in [1.807, 2.05) is 0 Å². The third kappa shape index (κ3) is 3.23. The summed E-state index contributed by atoms with van der Waals surface area (Å²) >= 11 is 0. The van der Waals surface area contributed by atoms with E-state index in [0.717, 1.165) is 25.7 Å². The van der Waals surface area contributed by atoms with Crippen molar-refractivity contribution < 1.29 is 4.74 Å². The summed E-state index contributed by atoms with van der Waals surface area (Å²) in [5.74, 6) is 0. The van der Waals surface area contributed by atoms with Gasteiger partial charge in [-0.2, -0.15) is 0 Å². The monoisotopic (exact) mass is 264 g/mol. The van der Waals surface area contributed by atoms with E-state index in [-0.39, 0.29) is 11.7 Å². The van der Waals surface area contributed by atoms with E-state index in [1.54, 1.807) is 13.0 Å². The molecule has 1 N–H and O–H groups in total. The Morgan fingerprint density at radius 1 is 1.42 bits per heavy atom. The lowest BCUT2D eigenvalue weighted by Gasteiger charge is -2.26. The van der Waals surface area contributed by atoms with Gasteiger partial charge in [-0.3, -0.25) is 14.3 Å². The SMILES string of the molecule is C=C[C@H](OC1CCCCC1)n1cc(C)c(=O)[nH]c1=O. The molecule has 1 aliphatic carbocycles. The molecule has 0 spiro atoms. The van der Waals surface area contributed by atoms with E-state index in [2.05, 4.69) is 11.6 Å². The molecule has 0 saturated heterocycles. The number of aromatic nitrogens is 2. The highest BCUT2D eigenvalue weighted by Gasteiger charge is 2.19. The molecule has 19 heavy (non-hydrogen) atoms. The number of aryl methyl sites for hydroxylation is 1. The molecular formula is C14H20N2O3. The van der Waals surface area contributed by atoms with Crippen molar-refractivity contribution in [3.05, 3.63) is 45.3 Å². The van der Waals surface area contributed by atoms with E-state index in [0.29, 0.717) is 5.56 Å². The smallest absolute Gasteiger partial charge is 0.330 e. The van der Waals surface area contributed by atoms with Crippen molar-refractivity contribution in [1.82, 2.24) is 9.55 Å². The molecule has 1 aromatic rings. The average Bonchev–Trinajstić information content (AvgIpc) is 2.42. The van der Waals surface area contributed by atoms with Crippen LogP contribution in [0.2, 0.25) is 0 Å². The van der Waals surface area contributed by atoms with Crippen LogP contribution < -0.4 is 11.2 Å². The first-order chi connectivity index (χ1) is 9.11. The summed E-state index contributed by atoms with van der Waals surface area (Å²) in [6.07, 6.45) is 8.35. The van der Waals surface area contributed by atoms with Gasteiger partial charge < -0.3 is 4.74 Å². The van der Waals surface area contributed by atoms with Crippen LogP contribution in [-0.2, 0) is 4.74 Å². The van der Waals surface area contributed by atoms with Crippen LogP contribution in [0.3, 0.4) is 0 Å². The fraction of sp³-hybridized carbons (Fsp3) is 0.571. The predicted octanol–water partition coefficient (Wildman–Crippen LogP) is 1.88. The second-order valence-corrected chi connectivity index (χ2v) is 5.00. The van der Waals surface area contributed by atoms with Gasteiger partial charge in [0.25, 0.3) is 5.56 Å². The first-order valence-electron chi connectivity index (χ1n) is 6.72. The van der Waals surface area contributed by atoms with Gasteiger partial charge >= 0.3 is 5.69 Å². The van der Waals surface area contributed by atoms with Crippen molar-refractivity contribution in [2.75, 3.05) is 0 Å². The largest absolute Gasteiger partial charge is 0.351 e. The Labute approximate surface area is 111 Å². The third-order valence-corrected chi connectivity index (χ3v) is 3.51. The van der Waals surface area contributed by atoms with Crippen LogP contribution in [0.5, 0.6) is 0 Å². The molecule has 1 aromatic heterocycles. The number of ether oxygens (including phenoxy) is 1. The lowest BCUT2D eigenvalue weighted by molar-refractivity contribution is -0.0438. The van der Waals surface area contributed by atoms with Crippen LogP contribution in [0.1, 0.15) is 43.9 Å². The Morgan fingerprint density at radius 3 is 2.74 bits per heavy atom. The zero-order valence-electron chi connectivity index (χ0n) is 11.2. The van der Waals surface area contributed by atoms with Gasteiger partial charge in [-0.1, -0.05) is 25.8 Å². The van der Waals surface area contributed by atoms with E-state index < -0.39 is 11.9 Å². The zero-order valence-corrected chi connectivity index (χ0v) is 11.2. The molecule has 1 saturated carbocycles. The van der Waals surface area contributed by atoms with Crippen molar-refractivity contribution in [3.63, 3.8) is 0 Å². The highest BCUT2D eigenvalue weighted by Crippen LogP contribution is 2.24. The van der Waals surface area contributed by atoms with E-state index in [4.69, 9.17) is 4.74 Å². The molecule has 0 amide bonds. The number of rotatable bonds is 4. The summed E-state index contributed by atoms with van der Waals surface area (Å²) in [6, 6.07) is 0. The molecule has 104 valence electrons. The van der Waals surface area contributed by atoms with Gasteiger partial charge in [-0.05, 0) is 25.8 Å². The van der Waals surface area contributed by atoms with Gasteiger partial charge in [-0.15, -0.1) is 0 Å². The Bertz CT molecular complexity index is 553. The van der Waals surface area contributed by atoms with Crippen LogP contribution in [0.4, 0.5) is 0 Å². The number of hydrogen-bond donors (Lipinski definition) is 1. The summed E-state index contributed by atoms with van der Waals surface area (Å²) < 4.78 is 7.31. The van der Waals surface area contributed by atoms with Crippen LogP contribution in [0.25, 0.3) is 0 Å². The van der Waals surface area contributed by atoms with Crippen LogP contribution in [-0.4, -0.2) is 15.7 Å². The minimum Gasteiger partial charge on any atom is -0.351 e. The Kier molecular flexibility index (Phi) is 4.37. The summed E-state index contributed by atoms with van der Waals surface area (Å²) in [6.45, 7) is 5.38. The maximum Gasteiger partial charge on any atom is 0.330 e. The lowest BCUT2D eigenvalue weighted by Crippen LogP contribution is -2.35. The van der Waals surface area contributed by atoms with Crippen molar-refractivity contribution in [3.8, 4) is 0 Å².